The summed E-state index contributed by atoms with van der Waals surface area (Å²) in [5, 5.41) is 9.61. The summed E-state index contributed by atoms with van der Waals surface area (Å²) in [4.78, 5) is 31.8. The van der Waals surface area contributed by atoms with E-state index in [0.717, 1.165) is 23.6 Å². The molecular formula is C23H27N5O3S. The molecule has 0 atom stereocenters. The predicted molar refractivity (Wildman–Crippen MR) is 123 cm³/mol. The van der Waals surface area contributed by atoms with Crippen molar-refractivity contribution in [3.05, 3.63) is 58.2 Å². The average molecular weight is 454 g/mol. The maximum absolute atomic E-state index is 12.9. The molecule has 1 aliphatic heterocycles. The van der Waals surface area contributed by atoms with Gasteiger partial charge in [-0.1, -0.05) is 0 Å². The molecule has 0 unspecified atom stereocenters. The molecule has 2 aromatic heterocycles. The number of amides is 2. The van der Waals surface area contributed by atoms with Gasteiger partial charge in [-0.3, -0.25) is 14.3 Å². The maximum atomic E-state index is 12.9. The van der Waals surface area contributed by atoms with Crippen molar-refractivity contribution in [1.82, 2.24) is 19.7 Å². The zero-order chi connectivity index (χ0) is 22.7. The van der Waals surface area contributed by atoms with Gasteiger partial charge in [0, 0.05) is 43.1 Å². The van der Waals surface area contributed by atoms with E-state index in [-0.39, 0.29) is 23.8 Å². The zero-order valence-electron chi connectivity index (χ0n) is 18.4. The molecule has 4 rings (SSSR count). The number of nitrogens with zero attached hydrogens (tertiary/aromatic N) is 4. The zero-order valence-corrected chi connectivity index (χ0v) is 19.3. The van der Waals surface area contributed by atoms with Gasteiger partial charge in [0.1, 0.15) is 17.3 Å². The Morgan fingerprint density at radius 3 is 2.50 bits per heavy atom. The van der Waals surface area contributed by atoms with Crippen LogP contribution in [0.25, 0.3) is 0 Å². The fourth-order valence-corrected chi connectivity index (χ4v) is 4.69. The number of hydrogen-bond donors (Lipinski definition) is 1. The van der Waals surface area contributed by atoms with Crippen molar-refractivity contribution in [3.8, 4) is 5.75 Å². The SMILES string of the molecule is CC(C)Oc1ccc(C(=O)N2CCC(c3nc(C(=O)Nc4ccnn4C)cs3)CC2)cc1. The molecule has 1 aliphatic rings. The number of carbonyl (C=O) groups excluding carboxylic acids is 2. The number of ether oxygens (including phenoxy) is 1. The molecule has 1 saturated heterocycles. The monoisotopic (exact) mass is 453 g/mol. The van der Waals surface area contributed by atoms with Crippen LogP contribution in [-0.4, -0.2) is 50.7 Å². The van der Waals surface area contributed by atoms with Crippen LogP contribution in [0.3, 0.4) is 0 Å². The molecule has 0 radical (unpaired) electrons. The molecule has 1 N–H and O–H groups in total. The minimum Gasteiger partial charge on any atom is -0.491 e. The molecule has 168 valence electrons. The smallest absolute Gasteiger partial charge is 0.276 e. The van der Waals surface area contributed by atoms with Gasteiger partial charge < -0.3 is 15.0 Å². The van der Waals surface area contributed by atoms with E-state index in [4.69, 9.17) is 4.74 Å². The summed E-state index contributed by atoms with van der Waals surface area (Å²) in [6, 6.07) is 9.06. The lowest BCUT2D eigenvalue weighted by atomic mass is 9.97. The number of hydrogen-bond acceptors (Lipinski definition) is 6. The number of rotatable bonds is 6. The third-order valence-corrected chi connectivity index (χ3v) is 6.43. The highest BCUT2D eigenvalue weighted by Gasteiger charge is 2.27. The number of likely N-dealkylation sites (tertiary alicyclic amines) is 1. The number of aromatic nitrogens is 3. The Labute approximate surface area is 191 Å². The molecule has 0 bridgehead atoms. The van der Waals surface area contributed by atoms with Gasteiger partial charge in [0.15, 0.2) is 0 Å². The molecule has 3 heterocycles. The Bertz CT molecular complexity index is 1080. The lowest BCUT2D eigenvalue weighted by Gasteiger charge is -2.31. The summed E-state index contributed by atoms with van der Waals surface area (Å²) in [6.45, 7) is 5.29. The molecule has 2 amide bonds. The van der Waals surface area contributed by atoms with E-state index < -0.39 is 0 Å². The van der Waals surface area contributed by atoms with Crippen LogP contribution in [0.5, 0.6) is 5.75 Å². The van der Waals surface area contributed by atoms with E-state index in [9.17, 15) is 9.59 Å². The van der Waals surface area contributed by atoms with Crippen LogP contribution in [-0.2, 0) is 7.05 Å². The van der Waals surface area contributed by atoms with Crippen molar-refractivity contribution in [2.45, 2.75) is 38.7 Å². The van der Waals surface area contributed by atoms with E-state index in [0.29, 0.717) is 30.2 Å². The van der Waals surface area contributed by atoms with E-state index in [1.807, 2.05) is 43.0 Å². The van der Waals surface area contributed by atoms with Crippen LogP contribution in [0.15, 0.2) is 41.9 Å². The Morgan fingerprint density at radius 1 is 1.16 bits per heavy atom. The van der Waals surface area contributed by atoms with E-state index in [1.54, 1.807) is 29.4 Å². The topological polar surface area (TPSA) is 89.3 Å². The molecule has 3 aromatic rings. The second-order valence-corrected chi connectivity index (χ2v) is 9.01. The van der Waals surface area contributed by atoms with Crippen molar-refractivity contribution >= 4 is 29.0 Å². The molecule has 32 heavy (non-hydrogen) atoms. The minimum atomic E-state index is -0.242. The number of anilines is 1. The molecule has 9 heteroatoms. The molecule has 0 spiro atoms. The van der Waals surface area contributed by atoms with E-state index >= 15 is 0 Å². The first kappa shape index (κ1) is 22.0. The van der Waals surface area contributed by atoms with E-state index in [1.165, 1.54) is 11.3 Å². The number of nitrogens with one attached hydrogen (secondary N) is 1. The van der Waals surface area contributed by atoms with Crippen molar-refractivity contribution in [3.63, 3.8) is 0 Å². The van der Waals surface area contributed by atoms with Gasteiger partial charge in [0.2, 0.25) is 0 Å². The second kappa shape index (κ2) is 9.52. The number of aryl methyl sites for hydroxylation is 1. The van der Waals surface area contributed by atoms with Gasteiger partial charge in [-0.25, -0.2) is 4.98 Å². The summed E-state index contributed by atoms with van der Waals surface area (Å²) in [6.07, 6.45) is 3.39. The summed E-state index contributed by atoms with van der Waals surface area (Å²) >= 11 is 1.50. The van der Waals surface area contributed by atoms with Crippen LogP contribution >= 0.6 is 11.3 Å². The van der Waals surface area contributed by atoms with Gasteiger partial charge in [-0.2, -0.15) is 5.10 Å². The van der Waals surface area contributed by atoms with Gasteiger partial charge in [-0.15, -0.1) is 11.3 Å². The Morgan fingerprint density at radius 2 is 1.88 bits per heavy atom. The maximum Gasteiger partial charge on any atom is 0.276 e. The van der Waals surface area contributed by atoms with Gasteiger partial charge in [0.25, 0.3) is 11.8 Å². The quantitative estimate of drug-likeness (QED) is 0.611. The fourth-order valence-electron chi connectivity index (χ4n) is 3.72. The Balaban J connectivity index is 1.32. The summed E-state index contributed by atoms with van der Waals surface area (Å²) < 4.78 is 7.25. The molecule has 1 aromatic carbocycles. The van der Waals surface area contributed by atoms with Crippen LogP contribution in [0.2, 0.25) is 0 Å². The normalized spacial score (nSPS) is 14.6. The van der Waals surface area contributed by atoms with Crippen molar-refractivity contribution in [2.75, 3.05) is 18.4 Å². The average Bonchev–Trinajstić information content (AvgIpc) is 3.43. The number of carbonyl (C=O) groups is 2. The first-order valence-corrected chi connectivity index (χ1v) is 11.6. The standard InChI is InChI=1S/C23H27N5O3S/c1-15(2)31-18-6-4-17(5-7-18)23(30)28-12-9-16(10-13-28)22-25-19(14-32-22)21(29)26-20-8-11-24-27(20)3/h4-8,11,14-16H,9-10,12-13H2,1-3H3,(H,26,29). The Kier molecular flexibility index (Phi) is 6.55. The third-order valence-electron chi connectivity index (χ3n) is 5.42. The van der Waals surface area contributed by atoms with Crippen LogP contribution in [0, 0.1) is 0 Å². The third kappa shape index (κ3) is 4.99. The number of thiazole rings is 1. The van der Waals surface area contributed by atoms with Crippen LogP contribution in [0.4, 0.5) is 5.82 Å². The summed E-state index contributed by atoms with van der Waals surface area (Å²) in [5.41, 5.74) is 1.08. The van der Waals surface area contributed by atoms with Gasteiger partial charge >= 0.3 is 0 Å². The predicted octanol–water partition coefficient (Wildman–Crippen LogP) is 3.94. The lowest BCUT2D eigenvalue weighted by molar-refractivity contribution is 0.0713. The van der Waals surface area contributed by atoms with E-state index in [2.05, 4.69) is 15.4 Å². The fraction of sp³-hybridized carbons (Fsp3) is 0.391. The summed E-state index contributed by atoms with van der Waals surface area (Å²) in [7, 11) is 1.77. The summed E-state index contributed by atoms with van der Waals surface area (Å²) in [5.74, 6) is 1.44. The highest BCUT2D eigenvalue weighted by molar-refractivity contribution is 7.10. The molecule has 8 nitrogen and oxygen atoms in total. The van der Waals surface area contributed by atoms with Crippen molar-refractivity contribution in [2.24, 2.45) is 7.05 Å². The van der Waals surface area contributed by atoms with Crippen molar-refractivity contribution in [1.29, 1.82) is 0 Å². The number of piperidine rings is 1. The molecule has 0 aliphatic carbocycles. The van der Waals surface area contributed by atoms with Crippen LogP contribution < -0.4 is 10.1 Å². The highest BCUT2D eigenvalue weighted by Crippen LogP contribution is 2.31. The molecule has 0 saturated carbocycles. The first-order chi connectivity index (χ1) is 15.4. The van der Waals surface area contributed by atoms with Crippen molar-refractivity contribution < 1.29 is 14.3 Å². The second-order valence-electron chi connectivity index (χ2n) is 8.12. The Hall–Kier alpha value is -3.20. The van der Waals surface area contributed by atoms with Crippen LogP contribution in [0.1, 0.15) is 58.5 Å². The molecular weight excluding hydrogens is 426 g/mol. The highest BCUT2D eigenvalue weighted by atomic mass is 32.1. The minimum absolute atomic E-state index is 0.0370. The first-order valence-electron chi connectivity index (χ1n) is 10.7. The lowest BCUT2D eigenvalue weighted by Crippen LogP contribution is -2.37. The molecule has 1 fully saturated rings. The number of benzene rings is 1. The largest absolute Gasteiger partial charge is 0.491 e. The van der Waals surface area contributed by atoms with Gasteiger partial charge in [-0.05, 0) is 51.0 Å². The van der Waals surface area contributed by atoms with Gasteiger partial charge in [0.05, 0.1) is 17.3 Å².